The Hall–Kier alpha value is -0.940. The van der Waals surface area contributed by atoms with Crippen molar-refractivity contribution in [2.24, 2.45) is 5.92 Å². The molecule has 1 aliphatic heterocycles. The fourth-order valence-electron chi connectivity index (χ4n) is 2.99. The molecule has 1 aliphatic carbocycles. The van der Waals surface area contributed by atoms with Gasteiger partial charge in [-0.3, -0.25) is 4.79 Å². The van der Waals surface area contributed by atoms with Gasteiger partial charge in [0.15, 0.2) is 5.83 Å². The van der Waals surface area contributed by atoms with E-state index >= 15 is 0 Å². The SMILES string of the molecule is CC(C)=C(F)C(=O)N1CCOCC1C1CCCC1O. The number of ether oxygens (including phenoxy) is 1. The molecule has 0 bridgehead atoms. The van der Waals surface area contributed by atoms with Crippen LogP contribution in [0.4, 0.5) is 4.39 Å². The lowest BCUT2D eigenvalue weighted by molar-refractivity contribution is -0.141. The maximum Gasteiger partial charge on any atom is 0.282 e. The van der Waals surface area contributed by atoms with Gasteiger partial charge in [0, 0.05) is 12.5 Å². The third-order valence-electron chi connectivity index (χ3n) is 4.08. The van der Waals surface area contributed by atoms with Crippen LogP contribution in [0.1, 0.15) is 33.1 Å². The van der Waals surface area contributed by atoms with E-state index in [1.165, 1.54) is 0 Å². The van der Waals surface area contributed by atoms with E-state index in [1.807, 2.05) is 0 Å². The topological polar surface area (TPSA) is 49.8 Å². The maximum absolute atomic E-state index is 13.8. The number of carbonyl (C=O) groups is 1. The van der Waals surface area contributed by atoms with Gasteiger partial charge < -0.3 is 14.7 Å². The molecule has 0 spiro atoms. The summed E-state index contributed by atoms with van der Waals surface area (Å²) < 4.78 is 19.3. The van der Waals surface area contributed by atoms with Crippen molar-refractivity contribution in [2.75, 3.05) is 19.8 Å². The van der Waals surface area contributed by atoms with Gasteiger partial charge in [0.2, 0.25) is 0 Å². The second kappa shape index (κ2) is 6.01. The average Bonchev–Trinajstić information content (AvgIpc) is 2.83. The molecule has 4 nitrogen and oxygen atoms in total. The van der Waals surface area contributed by atoms with E-state index in [9.17, 15) is 14.3 Å². The Kier molecular flexibility index (Phi) is 4.58. The van der Waals surface area contributed by atoms with E-state index in [0.717, 1.165) is 19.3 Å². The predicted octanol–water partition coefficient (Wildman–Crippen LogP) is 1.64. The van der Waals surface area contributed by atoms with Crippen molar-refractivity contribution in [3.05, 3.63) is 11.4 Å². The number of allylic oxidation sites excluding steroid dienone is 1. The first kappa shape index (κ1) is 14.5. The summed E-state index contributed by atoms with van der Waals surface area (Å²) in [5.74, 6) is -1.24. The minimum Gasteiger partial charge on any atom is -0.393 e. The molecule has 2 rings (SSSR count). The van der Waals surface area contributed by atoms with Gasteiger partial charge in [-0.2, -0.15) is 0 Å². The Morgan fingerprint density at radius 3 is 2.68 bits per heavy atom. The molecule has 1 saturated heterocycles. The normalized spacial score (nSPS) is 31.4. The van der Waals surface area contributed by atoms with Crippen LogP contribution in [-0.4, -0.2) is 47.8 Å². The Morgan fingerprint density at radius 2 is 2.11 bits per heavy atom. The Balaban J connectivity index is 2.16. The zero-order chi connectivity index (χ0) is 14.0. The lowest BCUT2D eigenvalue weighted by Gasteiger charge is -2.39. The van der Waals surface area contributed by atoms with E-state index in [4.69, 9.17) is 4.74 Å². The van der Waals surface area contributed by atoms with Gasteiger partial charge in [-0.25, -0.2) is 4.39 Å². The van der Waals surface area contributed by atoms with E-state index in [1.54, 1.807) is 18.7 Å². The summed E-state index contributed by atoms with van der Waals surface area (Å²) >= 11 is 0. The van der Waals surface area contributed by atoms with Gasteiger partial charge >= 0.3 is 0 Å². The molecule has 2 fully saturated rings. The summed E-state index contributed by atoms with van der Waals surface area (Å²) in [6.07, 6.45) is 2.18. The number of hydrogen-bond acceptors (Lipinski definition) is 3. The highest BCUT2D eigenvalue weighted by Crippen LogP contribution is 2.33. The van der Waals surface area contributed by atoms with Crippen LogP contribution in [0.2, 0.25) is 0 Å². The quantitative estimate of drug-likeness (QED) is 0.777. The van der Waals surface area contributed by atoms with E-state index in [-0.39, 0.29) is 12.0 Å². The number of carbonyl (C=O) groups excluding carboxylic acids is 1. The fraction of sp³-hybridized carbons (Fsp3) is 0.786. The monoisotopic (exact) mass is 271 g/mol. The Morgan fingerprint density at radius 1 is 1.37 bits per heavy atom. The molecule has 3 unspecified atom stereocenters. The molecule has 0 aromatic rings. The molecule has 0 radical (unpaired) electrons. The summed E-state index contributed by atoms with van der Waals surface area (Å²) in [5.41, 5.74) is 0.391. The molecule has 1 heterocycles. The number of aliphatic hydroxyl groups excluding tert-OH is 1. The molecule has 1 amide bonds. The second-order valence-corrected chi connectivity index (χ2v) is 5.62. The number of morpholine rings is 1. The zero-order valence-electron chi connectivity index (χ0n) is 11.6. The molecule has 108 valence electrons. The summed E-state index contributed by atoms with van der Waals surface area (Å²) in [7, 11) is 0. The molecule has 0 aromatic carbocycles. The van der Waals surface area contributed by atoms with Gasteiger partial charge in [-0.05, 0) is 32.3 Å². The summed E-state index contributed by atoms with van der Waals surface area (Å²) in [6, 6.07) is -0.205. The Labute approximate surface area is 113 Å². The number of aliphatic hydroxyl groups is 1. The van der Waals surface area contributed by atoms with E-state index < -0.39 is 17.8 Å². The van der Waals surface area contributed by atoms with Gasteiger partial charge in [0.05, 0.1) is 25.4 Å². The van der Waals surface area contributed by atoms with Crippen molar-refractivity contribution >= 4 is 5.91 Å². The minimum atomic E-state index is -0.681. The van der Waals surface area contributed by atoms with Crippen molar-refractivity contribution in [1.82, 2.24) is 4.90 Å². The number of amides is 1. The van der Waals surface area contributed by atoms with Gasteiger partial charge in [-0.1, -0.05) is 6.42 Å². The smallest absolute Gasteiger partial charge is 0.282 e. The molecule has 19 heavy (non-hydrogen) atoms. The third kappa shape index (κ3) is 2.98. The third-order valence-corrected chi connectivity index (χ3v) is 4.08. The van der Waals surface area contributed by atoms with Crippen LogP contribution >= 0.6 is 0 Å². The first-order chi connectivity index (χ1) is 9.02. The number of hydrogen-bond donors (Lipinski definition) is 1. The van der Waals surface area contributed by atoms with Crippen LogP contribution in [0.3, 0.4) is 0 Å². The predicted molar refractivity (Wildman–Crippen MR) is 69.1 cm³/mol. The first-order valence-electron chi connectivity index (χ1n) is 6.92. The van der Waals surface area contributed by atoms with Crippen molar-refractivity contribution in [1.29, 1.82) is 0 Å². The van der Waals surface area contributed by atoms with Crippen LogP contribution in [0.5, 0.6) is 0 Å². The lowest BCUT2D eigenvalue weighted by atomic mass is 9.94. The van der Waals surface area contributed by atoms with Crippen molar-refractivity contribution in [3.8, 4) is 0 Å². The van der Waals surface area contributed by atoms with Crippen LogP contribution < -0.4 is 0 Å². The molecule has 0 aromatic heterocycles. The summed E-state index contributed by atoms with van der Waals surface area (Å²) in [6.45, 7) is 4.40. The molecular formula is C14H22FNO3. The molecule has 5 heteroatoms. The lowest BCUT2D eigenvalue weighted by Crippen LogP contribution is -2.53. The summed E-state index contributed by atoms with van der Waals surface area (Å²) in [5, 5.41) is 9.99. The molecular weight excluding hydrogens is 249 g/mol. The van der Waals surface area contributed by atoms with Crippen LogP contribution in [-0.2, 0) is 9.53 Å². The Bertz CT molecular complexity index is 379. The van der Waals surface area contributed by atoms with Gasteiger partial charge in [0.1, 0.15) is 0 Å². The highest BCUT2D eigenvalue weighted by Gasteiger charge is 2.40. The van der Waals surface area contributed by atoms with Crippen LogP contribution in [0.25, 0.3) is 0 Å². The largest absolute Gasteiger partial charge is 0.393 e. The molecule has 1 N–H and O–H groups in total. The summed E-state index contributed by atoms with van der Waals surface area (Å²) in [4.78, 5) is 13.7. The number of nitrogens with zero attached hydrogens (tertiary/aromatic N) is 1. The van der Waals surface area contributed by atoms with Crippen LogP contribution in [0.15, 0.2) is 11.4 Å². The van der Waals surface area contributed by atoms with E-state index in [0.29, 0.717) is 25.3 Å². The fourth-order valence-corrected chi connectivity index (χ4v) is 2.99. The average molecular weight is 271 g/mol. The van der Waals surface area contributed by atoms with Crippen molar-refractivity contribution in [3.63, 3.8) is 0 Å². The molecule has 2 aliphatic rings. The highest BCUT2D eigenvalue weighted by molar-refractivity contribution is 5.92. The van der Waals surface area contributed by atoms with E-state index in [2.05, 4.69) is 0 Å². The number of rotatable bonds is 2. The molecule has 1 saturated carbocycles. The minimum absolute atomic E-state index is 0.00853. The zero-order valence-corrected chi connectivity index (χ0v) is 11.6. The highest BCUT2D eigenvalue weighted by atomic mass is 19.1. The van der Waals surface area contributed by atoms with Gasteiger partial charge in [-0.15, -0.1) is 0 Å². The molecule has 3 atom stereocenters. The second-order valence-electron chi connectivity index (χ2n) is 5.62. The van der Waals surface area contributed by atoms with Crippen molar-refractivity contribution in [2.45, 2.75) is 45.3 Å². The first-order valence-corrected chi connectivity index (χ1v) is 6.92. The van der Waals surface area contributed by atoms with Crippen molar-refractivity contribution < 1.29 is 19.0 Å². The van der Waals surface area contributed by atoms with Gasteiger partial charge in [0.25, 0.3) is 5.91 Å². The number of halogens is 1. The standard InChI is InChI=1S/C14H22FNO3/c1-9(2)13(15)14(18)16-6-7-19-8-11(16)10-4-3-5-12(10)17/h10-12,17H,3-8H2,1-2H3. The van der Waals surface area contributed by atoms with Crippen LogP contribution in [0, 0.1) is 5.92 Å². The maximum atomic E-state index is 13.8.